The minimum Gasteiger partial charge on any atom is -0.271 e. The fraction of sp³-hybridized carbons (Fsp3) is 0.571. The van der Waals surface area contributed by atoms with Gasteiger partial charge < -0.3 is 0 Å². The molecule has 0 heterocycles. The highest BCUT2D eigenvalue weighted by Gasteiger charge is 2.28. The van der Waals surface area contributed by atoms with Gasteiger partial charge in [0.15, 0.2) is 17.5 Å². The van der Waals surface area contributed by atoms with Crippen molar-refractivity contribution in [3.8, 4) is 0 Å². The van der Waals surface area contributed by atoms with E-state index in [1.165, 1.54) is 6.42 Å². The van der Waals surface area contributed by atoms with E-state index in [-0.39, 0.29) is 12.0 Å². The third kappa shape index (κ3) is 3.09. The first-order valence-electron chi connectivity index (χ1n) is 6.63. The van der Waals surface area contributed by atoms with E-state index in [1.54, 1.807) is 0 Å². The van der Waals surface area contributed by atoms with Crippen LogP contribution in [0.15, 0.2) is 12.1 Å². The van der Waals surface area contributed by atoms with Gasteiger partial charge in [-0.1, -0.05) is 19.8 Å². The van der Waals surface area contributed by atoms with Crippen molar-refractivity contribution in [2.24, 2.45) is 17.7 Å². The van der Waals surface area contributed by atoms with E-state index < -0.39 is 17.5 Å². The van der Waals surface area contributed by atoms with Gasteiger partial charge in [-0.25, -0.2) is 13.2 Å². The number of hydrogen-bond acceptors (Lipinski definition) is 2. The van der Waals surface area contributed by atoms with E-state index in [0.29, 0.717) is 11.5 Å². The van der Waals surface area contributed by atoms with Crippen LogP contribution in [0.4, 0.5) is 13.2 Å². The Morgan fingerprint density at radius 1 is 1.21 bits per heavy atom. The molecule has 3 unspecified atom stereocenters. The lowest BCUT2D eigenvalue weighted by Gasteiger charge is -2.33. The molecular formula is C14H19F3N2. The molecule has 1 aliphatic carbocycles. The molecule has 0 saturated heterocycles. The van der Waals surface area contributed by atoms with Crippen LogP contribution >= 0.6 is 0 Å². The molecule has 3 atom stereocenters. The van der Waals surface area contributed by atoms with Gasteiger partial charge in [0, 0.05) is 6.04 Å². The zero-order valence-corrected chi connectivity index (χ0v) is 10.9. The number of nitrogens with one attached hydrogen (secondary N) is 1. The van der Waals surface area contributed by atoms with Crippen LogP contribution in [0.5, 0.6) is 0 Å². The highest BCUT2D eigenvalue weighted by atomic mass is 19.2. The number of halogens is 3. The summed E-state index contributed by atoms with van der Waals surface area (Å²) in [6, 6.07) is 1.72. The summed E-state index contributed by atoms with van der Waals surface area (Å²) < 4.78 is 39.6. The molecule has 5 heteroatoms. The van der Waals surface area contributed by atoms with Gasteiger partial charge in [-0.3, -0.25) is 11.3 Å². The molecule has 106 valence electrons. The van der Waals surface area contributed by atoms with E-state index in [0.717, 1.165) is 31.4 Å². The quantitative estimate of drug-likeness (QED) is 0.502. The van der Waals surface area contributed by atoms with Gasteiger partial charge in [0.05, 0.1) is 0 Å². The first-order chi connectivity index (χ1) is 9.02. The summed E-state index contributed by atoms with van der Waals surface area (Å²) in [5, 5.41) is 0. The maximum absolute atomic E-state index is 13.3. The molecule has 2 nitrogen and oxygen atoms in total. The number of benzene rings is 1. The summed E-state index contributed by atoms with van der Waals surface area (Å²) in [6.45, 7) is 2.16. The molecule has 0 aliphatic heterocycles. The maximum atomic E-state index is 13.3. The molecule has 0 radical (unpaired) electrons. The number of hydrazine groups is 1. The van der Waals surface area contributed by atoms with Crippen LogP contribution in [0.2, 0.25) is 0 Å². The highest BCUT2D eigenvalue weighted by Crippen LogP contribution is 2.37. The maximum Gasteiger partial charge on any atom is 0.194 e. The van der Waals surface area contributed by atoms with Crippen LogP contribution in [-0.2, 0) is 0 Å². The van der Waals surface area contributed by atoms with Crippen molar-refractivity contribution in [3.05, 3.63) is 35.1 Å². The van der Waals surface area contributed by atoms with Crippen molar-refractivity contribution in [2.45, 2.75) is 38.6 Å². The summed E-state index contributed by atoms with van der Waals surface area (Å²) in [5.74, 6) is 2.56. The number of hydrogen-bond donors (Lipinski definition) is 2. The second-order valence-electron chi connectivity index (χ2n) is 5.47. The fourth-order valence-corrected chi connectivity index (χ4v) is 3.04. The minimum absolute atomic E-state index is 0.220. The van der Waals surface area contributed by atoms with E-state index in [9.17, 15) is 13.2 Å². The van der Waals surface area contributed by atoms with Gasteiger partial charge in [-0.05, 0) is 42.4 Å². The van der Waals surface area contributed by atoms with Crippen molar-refractivity contribution in [1.82, 2.24) is 5.43 Å². The van der Waals surface area contributed by atoms with Crippen LogP contribution in [0.25, 0.3) is 0 Å². The molecule has 1 aromatic carbocycles. The summed E-state index contributed by atoms with van der Waals surface area (Å²) in [5.41, 5.74) is 3.00. The fourth-order valence-electron chi connectivity index (χ4n) is 3.04. The van der Waals surface area contributed by atoms with Crippen LogP contribution in [0.1, 0.15) is 44.2 Å². The predicted octanol–water partition coefficient (Wildman–Crippen LogP) is 3.43. The third-order valence-electron chi connectivity index (χ3n) is 3.99. The number of rotatable bonds is 3. The smallest absolute Gasteiger partial charge is 0.194 e. The van der Waals surface area contributed by atoms with Crippen LogP contribution < -0.4 is 11.3 Å². The summed E-state index contributed by atoms with van der Waals surface area (Å²) >= 11 is 0. The van der Waals surface area contributed by atoms with Crippen LogP contribution in [0, 0.1) is 29.3 Å². The lowest BCUT2D eigenvalue weighted by Crippen LogP contribution is -2.35. The van der Waals surface area contributed by atoms with Crippen molar-refractivity contribution in [3.63, 3.8) is 0 Å². The standard InChI is InChI=1S/C14H19F3N2/c1-8-3-2-4-9(5-8)14(19-18)10-6-11(15)13(17)12(16)7-10/h6-9,14,19H,2-5,18H2,1H3. The van der Waals surface area contributed by atoms with Crippen molar-refractivity contribution >= 4 is 0 Å². The Morgan fingerprint density at radius 3 is 2.37 bits per heavy atom. The topological polar surface area (TPSA) is 38.0 Å². The molecule has 1 aliphatic rings. The zero-order valence-electron chi connectivity index (χ0n) is 10.9. The summed E-state index contributed by atoms with van der Waals surface area (Å²) in [7, 11) is 0. The molecular weight excluding hydrogens is 253 g/mol. The molecule has 0 amide bonds. The normalized spacial score (nSPS) is 25.3. The zero-order chi connectivity index (χ0) is 14.0. The predicted molar refractivity (Wildman–Crippen MR) is 67.5 cm³/mol. The number of nitrogens with two attached hydrogens (primary N) is 1. The molecule has 3 N–H and O–H groups in total. The van der Waals surface area contributed by atoms with Crippen molar-refractivity contribution < 1.29 is 13.2 Å². The summed E-state index contributed by atoms with van der Waals surface area (Å²) in [4.78, 5) is 0. The Hall–Kier alpha value is -1.07. The molecule has 1 aromatic rings. The Bertz CT molecular complexity index is 427. The van der Waals surface area contributed by atoms with E-state index in [4.69, 9.17) is 5.84 Å². The minimum atomic E-state index is -1.43. The van der Waals surface area contributed by atoms with Gasteiger partial charge in [0.25, 0.3) is 0 Å². The SMILES string of the molecule is CC1CCCC(C(NN)c2cc(F)c(F)c(F)c2)C1. The molecule has 2 rings (SSSR count). The average Bonchev–Trinajstić information content (AvgIpc) is 2.37. The molecule has 0 bridgehead atoms. The molecule has 0 aromatic heterocycles. The van der Waals surface area contributed by atoms with Gasteiger partial charge in [0.1, 0.15) is 0 Å². The highest BCUT2D eigenvalue weighted by molar-refractivity contribution is 5.23. The van der Waals surface area contributed by atoms with E-state index >= 15 is 0 Å². The molecule has 19 heavy (non-hydrogen) atoms. The Balaban J connectivity index is 2.26. The molecule has 1 saturated carbocycles. The first-order valence-corrected chi connectivity index (χ1v) is 6.63. The average molecular weight is 272 g/mol. The molecule has 0 spiro atoms. The Morgan fingerprint density at radius 2 is 1.84 bits per heavy atom. The Kier molecular flexibility index (Phi) is 4.47. The van der Waals surface area contributed by atoms with Crippen LogP contribution in [-0.4, -0.2) is 0 Å². The van der Waals surface area contributed by atoms with E-state index in [2.05, 4.69) is 12.3 Å². The van der Waals surface area contributed by atoms with Gasteiger partial charge in [0.2, 0.25) is 0 Å². The third-order valence-corrected chi connectivity index (χ3v) is 3.99. The van der Waals surface area contributed by atoms with Gasteiger partial charge >= 0.3 is 0 Å². The lowest BCUT2D eigenvalue weighted by atomic mass is 9.77. The molecule has 1 fully saturated rings. The van der Waals surface area contributed by atoms with Gasteiger partial charge in [-0.2, -0.15) is 0 Å². The largest absolute Gasteiger partial charge is 0.271 e. The van der Waals surface area contributed by atoms with Crippen molar-refractivity contribution in [2.75, 3.05) is 0 Å². The lowest BCUT2D eigenvalue weighted by molar-refractivity contribution is 0.223. The second-order valence-corrected chi connectivity index (χ2v) is 5.47. The Labute approximate surface area is 111 Å². The second kappa shape index (κ2) is 5.92. The van der Waals surface area contributed by atoms with E-state index in [1.807, 2.05) is 0 Å². The van der Waals surface area contributed by atoms with Gasteiger partial charge in [-0.15, -0.1) is 0 Å². The van der Waals surface area contributed by atoms with Crippen LogP contribution in [0.3, 0.4) is 0 Å². The van der Waals surface area contributed by atoms with Crippen molar-refractivity contribution in [1.29, 1.82) is 0 Å². The summed E-state index contributed by atoms with van der Waals surface area (Å²) in [6.07, 6.45) is 4.16. The first kappa shape index (κ1) is 14.3. The monoisotopic (exact) mass is 272 g/mol.